The van der Waals surface area contributed by atoms with Crippen molar-refractivity contribution in [2.75, 3.05) is 0 Å². The van der Waals surface area contributed by atoms with Crippen LogP contribution in [0.2, 0.25) is 10.0 Å². The first kappa shape index (κ1) is 10.4. The maximum absolute atomic E-state index is 8.68. The fourth-order valence-electron chi connectivity index (χ4n) is 1.10. The first-order chi connectivity index (χ1) is 6.07. The summed E-state index contributed by atoms with van der Waals surface area (Å²) in [6.45, 7) is 4.06. The van der Waals surface area contributed by atoms with Gasteiger partial charge in [-0.1, -0.05) is 43.1 Å². The molecule has 0 unspecified atom stereocenters. The Labute approximate surface area is 87.9 Å². The van der Waals surface area contributed by atoms with Crippen LogP contribution in [0, 0.1) is 11.3 Å². The van der Waals surface area contributed by atoms with Crippen molar-refractivity contribution >= 4 is 23.2 Å². The van der Waals surface area contributed by atoms with Gasteiger partial charge in [0.25, 0.3) is 0 Å². The molecule has 1 aromatic rings. The Morgan fingerprint density at radius 1 is 1.23 bits per heavy atom. The summed E-state index contributed by atoms with van der Waals surface area (Å²) in [7, 11) is 0. The van der Waals surface area contributed by atoms with E-state index in [2.05, 4.69) is 0 Å². The van der Waals surface area contributed by atoms with Crippen molar-refractivity contribution in [1.29, 1.82) is 5.26 Å². The quantitative estimate of drug-likeness (QED) is 0.693. The highest BCUT2D eigenvalue weighted by Gasteiger charge is 2.11. The summed E-state index contributed by atoms with van der Waals surface area (Å²) in [6.07, 6.45) is 0. The van der Waals surface area contributed by atoms with Gasteiger partial charge in [0.1, 0.15) is 6.07 Å². The molecule has 0 aliphatic rings. The fraction of sp³-hybridized carbons (Fsp3) is 0.300. The van der Waals surface area contributed by atoms with Crippen molar-refractivity contribution in [1.82, 2.24) is 0 Å². The average molecular weight is 214 g/mol. The summed E-state index contributed by atoms with van der Waals surface area (Å²) in [5.74, 6) is 0.317. The van der Waals surface area contributed by atoms with Gasteiger partial charge in [-0.15, -0.1) is 0 Å². The van der Waals surface area contributed by atoms with Crippen LogP contribution in [0.1, 0.15) is 30.9 Å². The molecule has 68 valence electrons. The molecule has 1 aromatic carbocycles. The van der Waals surface area contributed by atoms with Crippen LogP contribution in [0.15, 0.2) is 12.1 Å². The third-order valence-corrected chi connectivity index (χ3v) is 2.75. The van der Waals surface area contributed by atoms with Gasteiger partial charge in [-0.3, -0.25) is 0 Å². The van der Waals surface area contributed by atoms with Gasteiger partial charge >= 0.3 is 0 Å². The first-order valence-corrected chi connectivity index (χ1v) is 4.71. The van der Waals surface area contributed by atoms with Crippen LogP contribution in [0.25, 0.3) is 0 Å². The van der Waals surface area contributed by atoms with Crippen molar-refractivity contribution in [3.63, 3.8) is 0 Å². The van der Waals surface area contributed by atoms with E-state index in [4.69, 9.17) is 28.5 Å². The minimum absolute atomic E-state index is 0.317. The first-order valence-electron chi connectivity index (χ1n) is 3.96. The number of benzene rings is 1. The van der Waals surface area contributed by atoms with Crippen molar-refractivity contribution in [3.05, 3.63) is 33.3 Å². The van der Waals surface area contributed by atoms with Gasteiger partial charge in [-0.25, -0.2) is 0 Å². The molecule has 0 fully saturated rings. The number of rotatable bonds is 1. The molecule has 0 saturated carbocycles. The van der Waals surface area contributed by atoms with E-state index in [0.717, 1.165) is 5.56 Å². The molecule has 0 radical (unpaired) electrons. The summed E-state index contributed by atoms with van der Waals surface area (Å²) in [5, 5.41) is 9.53. The minimum Gasteiger partial charge on any atom is -0.192 e. The standard InChI is InChI=1S/C10H9Cl2N/c1-6(2)8-4-3-7(5-13)9(11)10(8)12/h3-4,6H,1-2H3. The lowest BCUT2D eigenvalue weighted by Crippen LogP contribution is -1.91. The predicted molar refractivity (Wildman–Crippen MR) is 55.3 cm³/mol. The zero-order valence-electron chi connectivity index (χ0n) is 7.44. The summed E-state index contributed by atoms with van der Waals surface area (Å²) in [4.78, 5) is 0. The summed E-state index contributed by atoms with van der Waals surface area (Å²) < 4.78 is 0. The minimum atomic E-state index is 0.317. The molecule has 0 atom stereocenters. The number of hydrogen-bond acceptors (Lipinski definition) is 1. The molecule has 1 nitrogen and oxygen atoms in total. The van der Waals surface area contributed by atoms with Crippen molar-refractivity contribution in [2.45, 2.75) is 19.8 Å². The van der Waals surface area contributed by atoms with E-state index in [1.54, 1.807) is 6.07 Å². The Kier molecular flexibility index (Phi) is 3.19. The van der Waals surface area contributed by atoms with Crippen molar-refractivity contribution in [2.24, 2.45) is 0 Å². The van der Waals surface area contributed by atoms with Crippen LogP contribution < -0.4 is 0 Å². The number of halogens is 2. The Balaban J connectivity index is 3.33. The van der Waals surface area contributed by atoms with E-state index >= 15 is 0 Å². The molecule has 0 aromatic heterocycles. The molecule has 3 heteroatoms. The summed E-state index contributed by atoms with van der Waals surface area (Å²) >= 11 is 11.9. The Bertz CT molecular complexity index is 364. The van der Waals surface area contributed by atoms with E-state index in [1.165, 1.54) is 0 Å². The van der Waals surface area contributed by atoms with Crippen molar-refractivity contribution < 1.29 is 0 Å². The van der Waals surface area contributed by atoms with Crippen LogP contribution in [-0.2, 0) is 0 Å². The second-order valence-electron chi connectivity index (χ2n) is 3.10. The zero-order valence-corrected chi connectivity index (χ0v) is 8.95. The monoisotopic (exact) mass is 213 g/mol. The maximum atomic E-state index is 8.68. The van der Waals surface area contributed by atoms with Gasteiger partial charge in [0.15, 0.2) is 0 Å². The average Bonchev–Trinajstić information content (AvgIpc) is 2.09. The summed E-state index contributed by atoms with van der Waals surface area (Å²) in [6, 6.07) is 5.53. The van der Waals surface area contributed by atoms with Crippen LogP contribution in [0.5, 0.6) is 0 Å². The number of nitrogens with zero attached hydrogens (tertiary/aromatic N) is 1. The van der Waals surface area contributed by atoms with Crippen LogP contribution in [0.3, 0.4) is 0 Å². The molecule has 13 heavy (non-hydrogen) atoms. The molecule has 0 heterocycles. The van der Waals surface area contributed by atoms with Crippen LogP contribution in [-0.4, -0.2) is 0 Å². The van der Waals surface area contributed by atoms with Gasteiger partial charge in [-0.2, -0.15) is 5.26 Å². The van der Waals surface area contributed by atoms with Gasteiger partial charge < -0.3 is 0 Å². The molecule has 0 saturated heterocycles. The van der Waals surface area contributed by atoms with E-state index in [9.17, 15) is 0 Å². The smallest absolute Gasteiger partial charge is 0.101 e. The van der Waals surface area contributed by atoms with Gasteiger partial charge in [0.05, 0.1) is 15.6 Å². The van der Waals surface area contributed by atoms with Crippen molar-refractivity contribution in [3.8, 4) is 6.07 Å². The Morgan fingerprint density at radius 3 is 2.31 bits per heavy atom. The van der Waals surface area contributed by atoms with Gasteiger partial charge in [0, 0.05) is 0 Å². The van der Waals surface area contributed by atoms with Gasteiger partial charge in [-0.05, 0) is 17.5 Å². The lowest BCUT2D eigenvalue weighted by atomic mass is 10.0. The highest BCUT2D eigenvalue weighted by atomic mass is 35.5. The molecular weight excluding hydrogens is 205 g/mol. The van der Waals surface area contributed by atoms with E-state index in [1.807, 2.05) is 26.0 Å². The predicted octanol–water partition coefficient (Wildman–Crippen LogP) is 3.99. The number of hydrogen-bond donors (Lipinski definition) is 0. The SMILES string of the molecule is CC(C)c1ccc(C#N)c(Cl)c1Cl. The van der Waals surface area contributed by atoms with E-state index < -0.39 is 0 Å². The number of nitriles is 1. The second-order valence-corrected chi connectivity index (χ2v) is 3.85. The van der Waals surface area contributed by atoms with E-state index in [0.29, 0.717) is 21.5 Å². The molecule has 0 bridgehead atoms. The largest absolute Gasteiger partial charge is 0.192 e. The third kappa shape index (κ3) is 1.96. The Hall–Kier alpha value is -0.710. The highest BCUT2D eigenvalue weighted by molar-refractivity contribution is 6.43. The lowest BCUT2D eigenvalue weighted by molar-refractivity contribution is 0.867. The second kappa shape index (κ2) is 4.00. The maximum Gasteiger partial charge on any atom is 0.101 e. The third-order valence-electron chi connectivity index (χ3n) is 1.85. The van der Waals surface area contributed by atoms with E-state index in [-0.39, 0.29) is 0 Å². The molecule has 0 aliphatic heterocycles. The zero-order chi connectivity index (χ0) is 10.0. The molecule has 0 spiro atoms. The topological polar surface area (TPSA) is 23.8 Å². The fourth-order valence-corrected chi connectivity index (χ4v) is 1.69. The Morgan fingerprint density at radius 2 is 1.85 bits per heavy atom. The molecule has 1 rings (SSSR count). The van der Waals surface area contributed by atoms with Crippen LogP contribution in [0.4, 0.5) is 0 Å². The normalized spacial score (nSPS) is 10.2. The molecule has 0 amide bonds. The van der Waals surface area contributed by atoms with Crippen LogP contribution >= 0.6 is 23.2 Å². The molecular formula is C10H9Cl2N. The molecule has 0 N–H and O–H groups in total. The lowest BCUT2D eigenvalue weighted by Gasteiger charge is -2.09. The molecule has 0 aliphatic carbocycles. The summed E-state index contributed by atoms with van der Waals surface area (Å²) in [5.41, 5.74) is 1.40. The highest BCUT2D eigenvalue weighted by Crippen LogP contribution is 2.32. The van der Waals surface area contributed by atoms with Gasteiger partial charge in [0.2, 0.25) is 0 Å².